The second-order valence-corrected chi connectivity index (χ2v) is 13.7. The van der Waals surface area contributed by atoms with E-state index in [0.717, 1.165) is 30.8 Å². The molecule has 278 valence electrons. The second-order valence-electron chi connectivity index (χ2n) is 13.7. The Kier molecular flexibility index (Phi) is 28.4. The molecule has 0 atom stereocenters. The number of ketones is 1. The number of phenols is 1. The van der Waals surface area contributed by atoms with Gasteiger partial charge >= 0.3 is 37.4 Å². The van der Waals surface area contributed by atoms with E-state index >= 15 is 0 Å². The quantitative estimate of drug-likeness (QED) is 0.220. The number of aromatic hydroxyl groups is 1. The van der Waals surface area contributed by atoms with Crippen LogP contribution in [-0.4, -0.2) is 118 Å². The van der Waals surface area contributed by atoms with Crippen LogP contribution in [0.15, 0.2) is 12.1 Å². The summed E-state index contributed by atoms with van der Waals surface area (Å²) in [5.41, 5.74) is 3.37. The largest absolute Gasteiger partial charge is 2.00 e. The van der Waals surface area contributed by atoms with Gasteiger partial charge in [0, 0.05) is 45.3 Å². The summed E-state index contributed by atoms with van der Waals surface area (Å²) in [6.45, 7) is 20.0. The fourth-order valence-corrected chi connectivity index (χ4v) is 3.77. The summed E-state index contributed by atoms with van der Waals surface area (Å²) in [4.78, 5) is 47.4. The van der Waals surface area contributed by atoms with E-state index in [1.165, 1.54) is 5.56 Å². The van der Waals surface area contributed by atoms with Gasteiger partial charge in [0.2, 0.25) is 0 Å². The zero-order chi connectivity index (χ0) is 37.5. The van der Waals surface area contributed by atoms with Crippen LogP contribution in [0.4, 0.5) is 0 Å². The van der Waals surface area contributed by atoms with E-state index in [0.29, 0.717) is 18.8 Å². The predicted molar refractivity (Wildman–Crippen MR) is 187 cm³/mol. The van der Waals surface area contributed by atoms with Crippen molar-refractivity contribution in [2.24, 2.45) is 0 Å². The van der Waals surface area contributed by atoms with Gasteiger partial charge < -0.3 is 39.0 Å². The molecule has 2 rings (SSSR count). The van der Waals surface area contributed by atoms with E-state index < -0.39 is 17.9 Å². The molecule has 0 radical (unpaired) electrons. The number of Topliss-reactive ketones (excluding diaryl/α,β-unsaturated/α-hetero) is 1. The molecule has 0 spiro atoms. The van der Waals surface area contributed by atoms with Crippen molar-refractivity contribution in [3.63, 3.8) is 0 Å². The molecular formula is C36H64N2O10Zn+2. The third kappa shape index (κ3) is 27.0. The van der Waals surface area contributed by atoms with Crippen LogP contribution in [0, 0.1) is 0 Å². The number of aliphatic hydroxyl groups is 1. The molecule has 0 bridgehead atoms. The van der Waals surface area contributed by atoms with Gasteiger partial charge in [-0.05, 0) is 56.9 Å². The molecule has 0 amide bonds. The van der Waals surface area contributed by atoms with Crippen molar-refractivity contribution in [2.45, 2.75) is 98.4 Å². The Balaban J connectivity index is -0.000000696. The molecule has 0 unspecified atom stereocenters. The number of hydrogen-bond donors (Lipinski definition) is 2. The number of rotatable bonds is 8. The number of ether oxygens (including phenoxy) is 4. The Morgan fingerprint density at radius 1 is 0.837 bits per heavy atom. The van der Waals surface area contributed by atoms with E-state index in [9.17, 15) is 24.3 Å². The normalized spacial score (nSPS) is 14.1. The van der Waals surface area contributed by atoms with Crippen molar-refractivity contribution in [1.29, 1.82) is 0 Å². The van der Waals surface area contributed by atoms with Gasteiger partial charge in [-0.15, -0.1) is 0 Å². The summed E-state index contributed by atoms with van der Waals surface area (Å²) < 4.78 is 18.7. The molecule has 1 aliphatic heterocycles. The molecule has 0 aromatic heterocycles. The molecule has 1 aromatic carbocycles. The van der Waals surface area contributed by atoms with Crippen LogP contribution in [0.3, 0.4) is 0 Å². The summed E-state index contributed by atoms with van der Waals surface area (Å²) >= 11 is 0. The van der Waals surface area contributed by atoms with Crippen LogP contribution in [-0.2, 0) is 75.0 Å². The predicted octanol–water partition coefficient (Wildman–Crippen LogP) is 4.39. The van der Waals surface area contributed by atoms with Gasteiger partial charge in [0.05, 0.1) is 25.9 Å². The molecule has 12 nitrogen and oxygen atoms in total. The molecule has 1 fully saturated rings. The van der Waals surface area contributed by atoms with Crippen LogP contribution >= 0.6 is 0 Å². The Morgan fingerprint density at radius 3 is 1.57 bits per heavy atom. The Hall–Kier alpha value is -2.44. The van der Waals surface area contributed by atoms with Crippen LogP contribution in [0.1, 0.15) is 97.8 Å². The molecular weight excluding hydrogens is 686 g/mol. The Bertz CT molecular complexity index is 1040. The van der Waals surface area contributed by atoms with E-state index in [4.69, 9.17) is 5.11 Å². The number of phenolic OH excluding ortho intramolecular Hbond substituents is 1. The van der Waals surface area contributed by atoms with E-state index in [1.54, 1.807) is 21.0 Å². The first-order valence-electron chi connectivity index (χ1n) is 16.5. The summed E-state index contributed by atoms with van der Waals surface area (Å²) in [7, 11) is 7.87. The average Bonchev–Trinajstić information content (AvgIpc) is 2.95. The standard InChI is InChI=1S/C20H36N2O.C9H12O6.C5H10O2.C2H6O.Zn/c1-19(2,3)16-12-15(14-22(9)11-10-21(7)8)18(23)17(13-16)20(4,5)6;10-7-1-4-13-8(11)3-6-15-9(12)2-5-14-7;1-5(6)3-4-7-2;1-2-3;/h12-13,23H,10-11,14H2,1-9H3;1-6H2;3-4H2,1-2H3;3H,2H2,1H3;/q;;;;+2. The first-order chi connectivity index (χ1) is 22.2. The van der Waals surface area contributed by atoms with E-state index in [1.807, 2.05) is 0 Å². The number of aliphatic hydroxyl groups excluding tert-OH is 1. The zero-order valence-corrected chi connectivity index (χ0v) is 35.4. The molecule has 13 heteroatoms. The minimum atomic E-state index is -0.490. The monoisotopic (exact) mass is 748 g/mol. The minimum absolute atomic E-state index is 0. The minimum Gasteiger partial charge on any atom is -0.507 e. The fourth-order valence-electron chi connectivity index (χ4n) is 3.77. The smallest absolute Gasteiger partial charge is 0.507 e. The summed E-state index contributed by atoms with van der Waals surface area (Å²) in [6, 6.07) is 4.36. The Morgan fingerprint density at radius 2 is 1.27 bits per heavy atom. The van der Waals surface area contributed by atoms with Crippen LogP contribution in [0.2, 0.25) is 0 Å². The molecule has 49 heavy (non-hydrogen) atoms. The maximum atomic E-state index is 10.9. The first kappa shape index (κ1) is 50.9. The van der Waals surface area contributed by atoms with Crippen molar-refractivity contribution in [3.8, 4) is 5.75 Å². The summed E-state index contributed by atoms with van der Waals surface area (Å²) in [5.74, 6) is -0.826. The van der Waals surface area contributed by atoms with Gasteiger partial charge in [-0.3, -0.25) is 19.2 Å². The number of hydrogen-bond acceptors (Lipinski definition) is 12. The van der Waals surface area contributed by atoms with Crippen molar-refractivity contribution in [2.75, 3.05) is 74.4 Å². The number of cyclic esters (lactones) is 3. The van der Waals surface area contributed by atoms with Gasteiger partial charge in [0.25, 0.3) is 0 Å². The van der Waals surface area contributed by atoms with Crippen LogP contribution in [0.5, 0.6) is 5.75 Å². The molecule has 1 heterocycles. The number of nitrogens with zero attached hydrogens (tertiary/aromatic N) is 2. The maximum absolute atomic E-state index is 10.9. The topological polar surface area (TPSA) is 152 Å². The molecule has 1 aliphatic rings. The van der Waals surface area contributed by atoms with E-state index in [2.05, 4.69) is 104 Å². The van der Waals surface area contributed by atoms with Crippen molar-refractivity contribution < 1.29 is 67.8 Å². The first-order valence-corrected chi connectivity index (χ1v) is 16.5. The average molecular weight is 750 g/mol. The third-order valence-electron chi connectivity index (χ3n) is 6.60. The number of carbonyl (C=O) groups is 4. The summed E-state index contributed by atoms with van der Waals surface area (Å²) in [6.07, 6.45) is 0.582. The van der Waals surface area contributed by atoms with Gasteiger partial charge in [0.15, 0.2) is 0 Å². The van der Waals surface area contributed by atoms with Crippen molar-refractivity contribution in [1.82, 2.24) is 9.80 Å². The zero-order valence-electron chi connectivity index (χ0n) is 32.4. The van der Waals surface area contributed by atoms with Gasteiger partial charge in [0.1, 0.15) is 31.4 Å². The second kappa shape index (κ2) is 27.3. The molecule has 1 aromatic rings. The molecule has 2 N–H and O–H groups in total. The van der Waals surface area contributed by atoms with E-state index in [-0.39, 0.29) is 81.8 Å². The SMILES string of the molecule is CCO.CN(C)CCN(C)Cc1cc(C(C)(C)C)cc(C(C)(C)C)c1O.COCCC(C)=O.O=C1CCOC(=O)CCOC(=O)CCO1.[Zn+2]. The van der Waals surface area contributed by atoms with Crippen LogP contribution in [0.25, 0.3) is 0 Å². The fraction of sp³-hybridized carbons (Fsp3) is 0.722. The number of carbonyl (C=O) groups excluding carboxylic acids is 4. The molecule has 1 saturated heterocycles. The number of benzene rings is 1. The number of methoxy groups -OCH3 is 1. The van der Waals surface area contributed by atoms with Gasteiger partial charge in [-0.25, -0.2) is 0 Å². The number of esters is 3. The van der Waals surface area contributed by atoms with Crippen molar-refractivity contribution in [3.05, 3.63) is 28.8 Å². The van der Waals surface area contributed by atoms with Gasteiger partial charge in [-0.1, -0.05) is 53.7 Å². The Labute approximate surface area is 307 Å². The third-order valence-corrected chi connectivity index (χ3v) is 6.60. The van der Waals surface area contributed by atoms with Gasteiger partial charge in [-0.2, -0.15) is 0 Å². The molecule has 0 saturated carbocycles. The van der Waals surface area contributed by atoms with Crippen molar-refractivity contribution >= 4 is 23.7 Å². The number of likely N-dealkylation sites (N-methyl/N-ethyl adjacent to an activating group) is 2. The maximum Gasteiger partial charge on any atom is 2.00 e. The summed E-state index contributed by atoms with van der Waals surface area (Å²) in [5, 5.41) is 18.4. The van der Waals surface area contributed by atoms with Crippen LogP contribution < -0.4 is 0 Å². The molecule has 0 aliphatic carbocycles.